The van der Waals surface area contributed by atoms with Gasteiger partial charge < -0.3 is 10.2 Å². The monoisotopic (exact) mass is 140 g/mol. The fourth-order valence-corrected chi connectivity index (χ4v) is 0.144. The third kappa shape index (κ3) is 28.7. The van der Waals surface area contributed by atoms with E-state index in [0.717, 1.165) is 6.42 Å². The van der Waals surface area contributed by atoms with E-state index in [1.54, 1.807) is 6.11 Å². The van der Waals surface area contributed by atoms with Gasteiger partial charge in [0, 0.05) is 12.8 Å². The number of hydrogen-bond donors (Lipinski definition) is 2. The summed E-state index contributed by atoms with van der Waals surface area (Å²) in [6.07, 6.45) is 7.70. The minimum Gasteiger partial charge on any atom is -0.462 e. The zero-order valence-electron chi connectivity index (χ0n) is 6.09. The van der Waals surface area contributed by atoms with E-state index < -0.39 is 0 Å². The molecule has 0 amide bonds. The Kier molecular flexibility index (Phi) is 18.2. The molecule has 0 spiro atoms. The quantitative estimate of drug-likeness (QED) is 0.527. The van der Waals surface area contributed by atoms with Gasteiger partial charge in [0.15, 0.2) is 0 Å². The van der Waals surface area contributed by atoms with E-state index in [9.17, 15) is 0 Å². The van der Waals surface area contributed by atoms with Crippen LogP contribution in [0.1, 0.15) is 19.8 Å². The van der Waals surface area contributed by atoms with Crippen LogP contribution in [-0.2, 0) is 0 Å². The zero-order valence-corrected chi connectivity index (χ0v) is 6.09. The second-order valence-corrected chi connectivity index (χ2v) is 1.32. The normalized spacial score (nSPS) is 5.70. The number of hydrogen-bond acceptors (Lipinski definition) is 2. The molecule has 2 heteroatoms. The van der Waals surface area contributed by atoms with Crippen LogP contribution in [0.2, 0.25) is 0 Å². The van der Waals surface area contributed by atoms with Crippen molar-refractivity contribution in [2.24, 2.45) is 0 Å². The lowest BCUT2D eigenvalue weighted by atomic mass is 10.5. The molecule has 0 aromatic heterocycles. The summed E-state index contributed by atoms with van der Waals surface area (Å²) in [4.78, 5) is 0. The fraction of sp³-hybridized carbons (Fsp3) is 0.500. The van der Waals surface area contributed by atoms with Gasteiger partial charge in [-0.2, -0.15) is 0 Å². The number of aliphatic hydroxyl groups excluding tert-OH is 2. The molecule has 10 heavy (non-hydrogen) atoms. The summed E-state index contributed by atoms with van der Waals surface area (Å²) in [6.45, 7) is 1.99. The molecule has 0 saturated heterocycles. The standard InChI is InChI=1S/2C4H6O/c2*1-2-3-4-5/h5H,2H2,1H3;1,5H,3-4H2. The van der Waals surface area contributed by atoms with E-state index in [2.05, 4.69) is 11.8 Å². The molecular formula is C8H12O2. The lowest BCUT2D eigenvalue weighted by molar-refractivity contribution is 0.305. The molecule has 0 rings (SSSR count). The Morgan fingerprint density at radius 2 is 2.10 bits per heavy atom. The second-order valence-electron chi connectivity index (χ2n) is 1.32. The molecular weight excluding hydrogens is 128 g/mol. The highest BCUT2D eigenvalue weighted by atomic mass is 16.3. The van der Waals surface area contributed by atoms with Gasteiger partial charge in [0.05, 0.1) is 6.61 Å². The molecule has 56 valence electrons. The average molecular weight is 140 g/mol. The molecule has 0 radical (unpaired) electrons. The molecule has 2 N–H and O–H groups in total. The van der Waals surface area contributed by atoms with Crippen molar-refractivity contribution in [1.29, 1.82) is 0 Å². The summed E-state index contributed by atoms with van der Waals surface area (Å²) in [7, 11) is 0. The van der Waals surface area contributed by atoms with Gasteiger partial charge in [0.25, 0.3) is 0 Å². The number of terminal acetylenes is 1. The van der Waals surface area contributed by atoms with Gasteiger partial charge in [-0.25, -0.2) is 0 Å². The minimum atomic E-state index is 0.108. The lowest BCUT2D eigenvalue weighted by Gasteiger charge is -1.70. The minimum absolute atomic E-state index is 0.108. The van der Waals surface area contributed by atoms with Crippen molar-refractivity contribution in [3.8, 4) is 24.4 Å². The summed E-state index contributed by atoms with van der Waals surface area (Å²) < 4.78 is 0. The van der Waals surface area contributed by atoms with E-state index >= 15 is 0 Å². The first-order valence-electron chi connectivity index (χ1n) is 2.99. The maximum absolute atomic E-state index is 7.92. The highest BCUT2D eigenvalue weighted by Crippen LogP contribution is 1.62. The third-order valence-corrected chi connectivity index (χ3v) is 0.512. The fourth-order valence-electron chi connectivity index (χ4n) is 0.144. The first-order valence-corrected chi connectivity index (χ1v) is 2.99. The summed E-state index contributed by atoms with van der Waals surface area (Å²) in [5.41, 5.74) is 0. The van der Waals surface area contributed by atoms with Crippen LogP contribution in [0, 0.1) is 24.4 Å². The van der Waals surface area contributed by atoms with Crippen molar-refractivity contribution in [2.75, 3.05) is 6.61 Å². The SMILES string of the molecule is C#CCCO.CCC#CO. The summed E-state index contributed by atoms with van der Waals surface area (Å²) in [5, 5.41) is 15.6. The van der Waals surface area contributed by atoms with Crippen LogP contribution in [0.4, 0.5) is 0 Å². The molecule has 0 saturated carbocycles. The van der Waals surface area contributed by atoms with Gasteiger partial charge in [-0.05, 0) is 0 Å². The van der Waals surface area contributed by atoms with Crippen LogP contribution in [0.15, 0.2) is 0 Å². The highest BCUT2D eigenvalue weighted by Gasteiger charge is 1.62. The van der Waals surface area contributed by atoms with E-state index in [-0.39, 0.29) is 6.61 Å². The average Bonchev–Trinajstić information content (AvgIpc) is 1.93. The Bertz CT molecular complexity index is 134. The Hall–Kier alpha value is -1.12. The van der Waals surface area contributed by atoms with E-state index in [0.29, 0.717) is 6.42 Å². The van der Waals surface area contributed by atoms with Crippen molar-refractivity contribution in [3.05, 3.63) is 0 Å². The van der Waals surface area contributed by atoms with Crippen molar-refractivity contribution >= 4 is 0 Å². The highest BCUT2D eigenvalue weighted by molar-refractivity contribution is 4.86. The molecule has 0 bridgehead atoms. The molecule has 0 heterocycles. The molecule has 0 aliphatic rings. The lowest BCUT2D eigenvalue weighted by Crippen LogP contribution is -1.72. The zero-order chi connectivity index (χ0) is 8.24. The molecule has 0 aromatic rings. The van der Waals surface area contributed by atoms with Crippen molar-refractivity contribution < 1.29 is 10.2 Å². The Morgan fingerprint density at radius 3 is 2.10 bits per heavy atom. The predicted molar refractivity (Wildman–Crippen MR) is 40.5 cm³/mol. The van der Waals surface area contributed by atoms with E-state index in [4.69, 9.17) is 16.6 Å². The Balaban J connectivity index is 0. The van der Waals surface area contributed by atoms with Gasteiger partial charge in [0.1, 0.15) is 6.11 Å². The largest absolute Gasteiger partial charge is 0.462 e. The van der Waals surface area contributed by atoms with Gasteiger partial charge in [-0.3, -0.25) is 0 Å². The molecule has 0 aromatic carbocycles. The van der Waals surface area contributed by atoms with E-state index in [1.807, 2.05) is 6.92 Å². The smallest absolute Gasteiger partial charge is 0.107 e. The Morgan fingerprint density at radius 1 is 1.50 bits per heavy atom. The van der Waals surface area contributed by atoms with Crippen LogP contribution >= 0.6 is 0 Å². The van der Waals surface area contributed by atoms with Crippen molar-refractivity contribution in [1.82, 2.24) is 0 Å². The summed E-state index contributed by atoms with van der Waals surface area (Å²) in [6, 6.07) is 0. The van der Waals surface area contributed by atoms with Gasteiger partial charge in [0.2, 0.25) is 0 Å². The molecule has 0 atom stereocenters. The van der Waals surface area contributed by atoms with Crippen molar-refractivity contribution in [2.45, 2.75) is 19.8 Å². The number of aliphatic hydroxyl groups is 2. The summed E-state index contributed by atoms with van der Waals surface area (Å²) >= 11 is 0. The van der Waals surface area contributed by atoms with Crippen LogP contribution in [0.3, 0.4) is 0 Å². The molecule has 0 aliphatic carbocycles. The van der Waals surface area contributed by atoms with Crippen LogP contribution in [-0.4, -0.2) is 16.8 Å². The summed E-state index contributed by atoms with van der Waals surface area (Å²) in [5.74, 6) is 4.68. The predicted octanol–water partition coefficient (Wildman–Crippen LogP) is 0.732. The first kappa shape index (κ1) is 11.6. The van der Waals surface area contributed by atoms with Crippen molar-refractivity contribution in [3.63, 3.8) is 0 Å². The maximum atomic E-state index is 7.92. The maximum Gasteiger partial charge on any atom is 0.107 e. The van der Waals surface area contributed by atoms with Gasteiger partial charge in [-0.15, -0.1) is 12.3 Å². The topological polar surface area (TPSA) is 40.5 Å². The van der Waals surface area contributed by atoms with Gasteiger partial charge >= 0.3 is 0 Å². The molecule has 0 unspecified atom stereocenters. The molecule has 0 fully saturated rings. The molecule has 2 nitrogen and oxygen atoms in total. The second kappa shape index (κ2) is 15.7. The van der Waals surface area contributed by atoms with Crippen LogP contribution in [0.5, 0.6) is 0 Å². The number of rotatable bonds is 1. The third-order valence-electron chi connectivity index (χ3n) is 0.512. The Labute approximate surface area is 61.9 Å². The van der Waals surface area contributed by atoms with Crippen LogP contribution in [0.25, 0.3) is 0 Å². The first-order chi connectivity index (χ1) is 4.83. The van der Waals surface area contributed by atoms with Gasteiger partial charge in [-0.1, -0.05) is 12.8 Å². The van der Waals surface area contributed by atoms with Crippen LogP contribution < -0.4 is 0 Å². The molecule has 0 aliphatic heterocycles. The van der Waals surface area contributed by atoms with E-state index in [1.165, 1.54) is 0 Å².